The largest absolute Gasteiger partial charge is 0.342 e. The number of piperidine rings is 1. The summed E-state index contributed by atoms with van der Waals surface area (Å²) in [6.45, 7) is 9.53. The van der Waals surface area contributed by atoms with Crippen molar-refractivity contribution < 1.29 is 4.79 Å². The number of likely N-dealkylation sites (tertiary alicyclic amines) is 1. The second kappa shape index (κ2) is 7.28. The van der Waals surface area contributed by atoms with Gasteiger partial charge in [0, 0.05) is 13.1 Å². The first kappa shape index (κ1) is 14.0. The molecule has 94 valence electrons. The van der Waals surface area contributed by atoms with Gasteiger partial charge >= 0.3 is 0 Å². The molecule has 0 aromatic heterocycles. The van der Waals surface area contributed by atoms with Crippen LogP contribution in [-0.2, 0) is 4.79 Å². The van der Waals surface area contributed by atoms with Crippen LogP contribution in [0.5, 0.6) is 0 Å². The molecule has 0 aromatic rings. The van der Waals surface area contributed by atoms with E-state index in [1.54, 1.807) is 0 Å². The fourth-order valence-electron chi connectivity index (χ4n) is 2.14. The van der Waals surface area contributed by atoms with Gasteiger partial charge in [-0.3, -0.25) is 4.79 Å². The molecule has 0 spiro atoms. The van der Waals surface area contributed by atoms with Crippen molar-refractivity contribution in [3.63, 3.8) is 0 Å². The van der Waals surface area contributed by atoms with Crippen LogP contribution in [0.4, 0.5) is 0 Å². The summed E-state index contributed by atoms with van der Waals surface area (Å²) in [5.41, 5.74) is 0. The maximum Gasteiger partial charge on any atom is 0.236 e. The maximum absolute atomic E-state index is 11.8. The number of rotatable bonds is 6. The predicted octanol–water partition coefficient (Wildman–Crippen LogP) is 2.10. The zero-order chi connectivity index (χ0) is 12.0. The first-order valence-electron chi connectivity index (χ1n) is 6.34. The van der Waals surface area contributed by atoms with Gasteiger partial charge in [0.2, 0.25) is 5.91 Å². The number of nitrogens with zero attached hydrogens (tertiary/aromatic N) is 2. The van der Waals surface area contributed by atoms with Gasteiger partial charge in [-0.05, 0) is 38.9 Å². The maximum atomic E-state index is 11.8. The molecule has 1 saturated heterocycles. The lowest BCUT2D eigenvalue weighted by molar-refractivity contribution is -0.132. The molecule has 0 saturated carbocycles. The van der Waals surface area contributed by atoms with Gasteiger partial charge in [-0.2, -0.15) is 0 Å². The highest BCUT2D eigenvalue weighted by atomic mass is 79.9. The molecule has 1 heterocycles. The Bertz CT molecular complexity index is 219. The molecule has 4 heteroatoms. The molecule has 3 nitrogen and oxygen atoms in total. The van der Waals surface area contributed by atoms with Gasteiger partial charge in [0.1, 0.15) is 0 Å². The van der Waals surface area contributed by atoms with E-state index < -0.39 is 0 Å². The quantitative estimate of drug-likeness (QED) is 0.700. The van der Waals surface area contributed by atoms with Gasteiger partial charge in [-0.25, -0.2) is 0 Å². The highest BCUT2D eigenvalue weighted by molar-refractivity contribution is 9.10. The average Bonchev–Trinajstić information content (AvgIpc) is 2.30. The normalized spacial score (nSPS) is 21.9. The Morgan fingerprint density at radius 2 is 2.12 bits per heavy atom. The molecular weight excluding hydrogens is 268 g/mol. The molecule has 0 N–H and O–H groups in total. The van der Waals surface area contributed by atoms with E-state index in [0.717, 1.165) is 52.0 Å². The van der Waals surface area contributed by atoms with Crippen molar-refractivity contribution in [2.24, 2.45) is 0 Å². The van der Waals surface area contributed by atoms with Crippen molar-refractivity contribution in [3.8, 4) is 0 Å². The molecule has 0 bridgehead atoms. The third kappa shape index (κ3) is 4.06. The Labute approximate surface area is 107 Å². The molecule has 1 fully saturated rings. The number of hydrogen-bond acceptors (Lipinski definition) is 2. The zero-order valence-corrected chi connectivity index (χ0v) is 12.0. The van der Waals surface area contributed by atoms with Crippen molar-refractivity contribution in [3.05, 3.63) is 0 Å². The second-order valence-corrected chi connectivity index (χ2v) is 5.42. The van der Waals surface area contributed by atoms with Gasteiger partial charge in [0.05, 0.1) is 4.83 Å². The van der Waals surface area contributed by atoms with Crippen LogP contribution in [0.1, 0.15) is 33.1 Å². The van der Waals surface area contributed by atoms with Crippen molar-refractivity contribution in [1.82, 2.24) is 9.80 Å². The van der Waals surface area contributed by atoms with E-state index in [1.807, 2.05) is 4.90 Å². The molecule has 0 radical (unpaired) electrons. The van der Waals surface area contributed by atoms with E-state index in [9.17, 15) is 4.79 Å². The second-order valence-electron chi connectivity index (χ2n) is 4.32. The van der Waals surface area contributed by atoms with Gasteiger partial charge in [0.15, 0.2) is 0 Å². The lowest BCUT2D eigenvalue weighted by atomic mass is 10.1. The number of hydrogen-bond donors (Lipinski definition) is 0. The minimum atomic E-state index is 0.0645. The van der Waals surface area contributed by atoms with Crippen LogP contribution in [0, 0.1) is 0 Å². The van der Waals surface area contributed by atoms with E-state index in [2.05, 4.69) is 34.7 Å². The first-order valence-corrected chi connectivity index (χ1v) is 7.25. The van der Waals surface area contributed by atoms with E-state index in [1.165, 1.54) is 0 Å². The van der Waals surface area contributed by atoms with Gasteiger partial charge in [-0.1, -0.05) is 29.8 Å². The van der Waals surface area contributed by atoms with Crippen LogP contribution in [0.15, 0.2) is 0 Å². The molecule has 1 amide bonds. The van der Waals surface area contributed by atoms with Gasteiger partial charge in [0.25, 0.3) is 0 Å². The topological polar surface area (TPSA) is 23.6 Å². The molecule has 0 aromatic carbocycles. The molecule has 1 unspecified atom stereocenters. The molecular formula is C12H23BrN2O. The van der Waals surface area contributed by atoms with Crippen LogP contribution in [0.2, 0.25) is 0 Å². The van der Waals surface area contributed by atoms with Crippen LogP contribution in [-0.4, -0.2) is 53.3 Å². The lowest BCUT2D eigenvalue weighted by Gasteiger charge is -2.30. The third-order valence-corrected chi connectivity index (χ3v) is 4.11. The highest BCUT2D eigenvalue weighted by Gasteiger charge is 2.25. The van der Waals surface area contributed by atoms with Crippen LogP contribution in [0.3, 0.4) is 0 Å². The summed E-state index contributed by atoms with van der Waals surface area (Å²) >= 11 is 3.44. The van der Waals surface area contributed by atoms with Crippen molar-refractivity contribution in [2.45, 2.75) is 37.9 Å². The fraction of sp³-hybridized carbons (Fsp3) is 0.917. The van der Waals surface area contributed by atoms with E-state index in [4.69, 9.17) is 0 Å². The number of alkyl halides is 1. The Kier molecular flexibility index (Phi) is 6.36. The average molecular weight is 291 g/mol. The minimum absolute atomic E-state index is 0.0645. The summed E-state index contributed by atoms with van der Waals surface area (Å²) in [5.74, 6) is 0.283. The minimum Gasteiger partial charge on any atom is -0.342 e. The third-order valence-electron chi connectivity index (χ3n) is 3.26. The molecule has 1 rings (SSSR count). The molecule has 1 atom stereocenters. The van der Waals surface area contributed by atoms with Crippen LogP contribution >= 0.6 is 15.9 Å². The molecule has 1 aliphatic rings. The number of carbonyl (C=O) groups excluding carboxylic acids is 1. The van der Waals surface area contributed by atoms with Crippen molar-refractivity contribution >= 4 is 21.8 Å². The van der Waals surface area contributed by atoms with Crippen LogP contribution in [0.25, 0.3) is 0 Å². The molecule has 0 aliphatic carbocycles. The Morgan fingerprint density at radius 1 is 1.44 bits per heavy atom. The SMILES string of the molecule is CCN(CC)CCCN1CCCC(Br)C1=O. The predicted molar refractivity (Wildman–Crippen MR) is 70.9 cm³/mol. The summed E-state index contributed by atoms with van der Waals surface area (Å²) in [7, 11) is 0. The van der Waals surface area contributed by atoms with Gasteiger partial charge < -0.3 is 9.80 Å². The number of amides is 1. The summed E-state index contributed by atoms with van der Waals surface area (Å²) in [6, 6.07) is 0. The smallest absolute Gasteiger partial charge is 0.236 e. The Balaban J connectivity index is 2.24. The Morgan fingerprint density at radius 3 is 2.75 bits per heavy atom. The summed E-state index contributed by atoms with van der Waals surface area (Å²) in [4.78, 5) is 16.3. The summed E-state index contributed by atoms with van der Waals surface area (Å²) in [5, 5.41) is 0. The van der Waals surface area contributed by atoms with E-state index >= 15 is 0 Å². The monoisotopic (exact) mass is 290 g/mol. The van der Waals surface area contributed by atoms with Crippen molar-refractivity contribution in [1.29, 1.82) is 0 Å². The number of carbonyl (C=O) groups is 1. The van der Waals surface area contributed by atoms with E-state index in [-0.39, 0.29) is 10.7 Å². The first-order chi connectivity index (χ1) is 7.69. The standard InChI is InChI=1S/C12H23BrN2O/c1-3-14(4-2)8-6-10-15-9-5-7-11(13)12(15)16/h11H,3-10H2,1-2H3. The van der Waals surface area contributed by atoms with E-state index in [0.29, 0.717) is 0 Å². The van der Waals surface area contributed by atoms with Gasteiger partial charge in [-0.15, -0.1) is 0 Å². The summed E-state index contributed by atoms with van der Waals surface area (Å²) < 4.78 is 0. The highest BCUT2D eigenvalue weighted by Crippen LogP contribution is 2.18. The lowest BCUT2D eigenvalue weighted by Crippen LogP contribution is -2.42. The fourth-order valence-corrected chi connectivity index (χ4v) is 2.75. The molecule has 1 aliphatic heterocycles. The Hall–Kier alpha value is -0.0900. The van der Waals surface area contributed by atoms with Crippen molar-refractivity contribution in [2.75, 3.05) is 32.7 Å². The molecule has 16 heavy (non-hydrogen) atoms. The zero-order valence-electron chi connectivity index (χ0n) is 10.4. The van der Waals surface area contributed by atoms with Crippen LogP contribution < -0.4 is 0 Å². The number of halogens is 1. The summed E-state index contributed by atoms with van der Waals surface area (Å²) in [6.07, 6.45) is 3.21.